The minimum absolute atomic E-state index is 0.233. The molecule has 0 radical (unpaired) electrons. The van der Waals surface area contributed by atoms with Crippen molar-refractivity contribution in [3.63, 3.8) is 0 Å². The zero-order valence-corrected chi connectivity index (χ0v) is 10.1. The summed E-state index contributed by atoms with van der Waals surface area (Å²) in [6.45, 7) is 9.78. The molecule has 0 saturated carbocycles. The second-order valence-corrected chi connectivity index (χ2v) is 4.97. The maximum absolute atomic E-state index is 5.88. The van der Waals surface area contributed by atoms with Crippen LogP contribution in [0.4, 0.5) is 0 Å². The highest BCUT2D eigenvalue weighted by Crippen LogP contribution is 2.50. The highest BCUT2D eigenvalue weighted by atomic mass is 16.5. The van der Waals surface area contributed by atoms with Gasteiger partial charge >= 0.3 is 0 Å². The standard InChI is InChI=1S/C14H20O/c1-5-15-13-10(2)14(3,4)12-9-7-6-8-11(12)13/h6-10,13H,5H2,1-4H3. The third-order valence-corrected chi connectivity index (χ3v) is 3.90. The lowest BCUT2D eigenvalue weighted by Gasteiger charge is -2.27. The van der Waals surface area contributed by atoms with Gasteiger partial charge in [-0.1, -0.05) is 45.0 Å². The van der Waals surface area contributed by atoms with Crippen LogP contribution in [0.25, 0.3) is 0 Å². The molecule has 0 fully saturated rings. The molecule has 1 aliphatic rings. The van der Waals surface area contributed by atoms with Gasteiger partial charge in [0, 0.05) is 6.61 Å². The summed E-state index contributed by atoms with van der Waals surface area (Å²) in [7, 11) is 0. The fourth-order valence-electron chi connectivity index (χ4n) is 2.64. The Morgan fingerprint density at radius 3 is 2.60 bits per heavy atom. The van der Waals surface area contributed by atoms with Gasteiger partial charge in [-0.2, -0.15) is 0 Å². The normalized spacial score (nSPS) is 27.7. The van der Waals surface area contributed by atoms with Crippen LogP contribution in [0, 0.1) is 5.92 Å². The molecule has 1 aromatic carbocycles. The maximum Gasteiger partial charge on any atom is 0.0861 e. The summed E-state index contributed by atoms with van der Waals surface area (Å²) < 4.78 is 5.88. The van der Waals surface area contributed by atoms with Gasteiger partial charge in [0.25, 0.3) is 0 Å². The van der Waals surface area contributed by atoms with Gasteiger partial charge < -0.3 is 4.74 Å². The average Bonchev–Trinajstić information content (AvgIpc) is 2.42. The SMILES string of the molecule is CCOC1c2ccccc2C(C)(C)C1C. The highest BCUT2D eigenvalue weighted by Gasteiger charge is 2.43. The molecule has 2 unspecified atom stereocenters. The van der Waals surface area contributed by atoms with E-state index in [1.165, 1.54) is 11.1 Å². The molecular formula is C14H20O. The van der Waals surface area contributed by atoms with Crippen molar-refractivity contribution in [3.05, 3.63) is 35.4 Å². The van der Waals surface area contributed by atoms with E-state index < -0.39 is 0 Å². The second kappa shape index (κ2) is 3.64. The predicted molar refractivity (Wildman–Crippen MR) is 63.0 cm³/mol. The van der Waals surface area contributed by atoms with E-state index >= 15 is 0 Å². The fourth-order valence-corrected chi connectivity index (χ4v) is 2.64. The van der Waals surface area contributed by atoms with E-state index in [0.717, 1.165) is 6.61 Å². The molecule has 82 valence electrons. The van der Waals surface area contributed by atoms with E-state index in [4.69, 9.17) is 4.74 Å². The molecule has 1 aliphatic carbocycles. The van der Waals surface area contributed by atoms with Crippen LogP contribution in [0.1, 0.15) is 44.9 Å². The van der Waals surface area contributed by atoms with E-state index in [-0.39, 0.29) is 11.5 Å². The largest absolute Gasteiger partial charge is 0.373 e. The summed E-state index contributed by atoms with van der Waals surface area (Å²) in [6, 6.07) is 8.69. The Kier molecular flexibility index (Phi) is 2.59. The van der Waals surface area contributed by atoms with E-state index in [1.807, 2.05) is 0 Å². The van der Waals surface area contributed by atoms with Gasteiger partial charge in [0.05, 0.1) is 6.10 Å². The van der Waals surface area contributed by atoms with Crippen LogP contribution in [0.3, 0.4) is 0 Å². The zero-order valence-electron chi connectivity index (χ0n) is 10.1. The van der Waals surface area contributed by atoms with Gasteiger partial charge in [-0.3, -0.25) is 0 Å². The number of hydrogen-bond acceptors (Lipinski definition) is 1. The number of benzene rings is 1. The van der Waals surface area contributed by atoms with E-state index in [2.05, 4.69) is 52.0 Å². The molecule has 0 saturated heterocycles. The van der Waals surface area contributed by atoms with Crippen molar-refractivity contribution < 1.29 is 4.74 Å². The predicted octanol–water partition coefficient (Wildman–Crippen LogP) is 3.69. The smallest absolute Gasteiger partial charge is 0.0861 e. The molecule has 2 atom stereocenters. The topological polar surface area (TPSA) is 9.23 Å². The Hall–Kier alpha value is -0.820. The quantitative estimate of drug-likeness (QED) is 0.714. The maximum atomic E-state index is 5.88. The number of ether oxygens (including phenoxy) is 1. The number of rotatable bonds is 2. The Morgan fingerprint density at radius 1 is 1.27 bits per heavy atom. The highest BCUT2D eigenvalue weighted by molar-refractivity contribution is 5.41. The Balaban J connectivity index is 2.47. The van der Waals surface area contributed by atoms with Crippen molar-refractivity contribution in [2.45, 2.75) is 39.2 Å². The average molecular weight is 204 g/mol. The number of hydrogen-bond donors (Lipinski definition) is 0. The first kappa shape index (κ1) is 10.7. The van der Waals surface area contributed by atoms with Gasteiger partial charge in [0.15, 0.2) is 0 Å². The van der Waals surface area contributed by atoms with Gasteiger partial charge in [-0.05, 0) is 29.4 Å². The van der Waals surface area contributed by atoms with Gasteiger partial charge in [0.1, 0.15) is 0 Å². The molecule has 0 amide bonds. The summed E-state index contributed by atoms with van der Waals surface area (Å²) in [5, 5.41) is 0. The summed E-state index contributed by atoms with van der Waals surface area (Å²) >= 11 is 0. The lowest BCUT2D eigenvalue weighted by molar-refractivity contribution is 0.0168. The molecular weight excluding hydrogens is 184 g/mol. The third kappa shape index (κ3) is 1.50. The first-order chi connectivity index (χ1) is 7.09. The molecule has 1 nitrogen and oxygen atoms in total. The van der Waals surface area contributed by atoms with Gasteiger partial charge in [-0.15, -0.1) is 0 Å². The van der Waals surface area contributed by atoms with E-state index in [9.17, 15) is 0 Å². The molecule has 1 aromatic rings. The van der Waals surface area contributed by atoms with E-state index in [1.54, 1.807) is 0 Å². The minimum Gasteiger partial charge on any atom is -0.373 e. The first-order valence-electron chi connectivity index (χ1n) is 5.80. The van der Waals surface area contributed by atoms with Crippen molar-refractivity contribution in [1.82, 2.24) is 0 Å². The number of fused-ring (bicyclic) bond motifs is 1. The fraction of sp³-hybridized carbons (Fsp3) is 0.571. The molecule has 1 heteroatoms. The molecule has 2 rings (SSSR count). The summed E-state index contributed by atoms with van der Waals surface area (Å²) in [6.07, 6.45) is 0.279. The van der Waals surface area contributed by atoms with Crippen molar-refractivity contribution >= 4 is 0 Å². The lowest BCUT2D eigenvalue weighted by atomic mass is 9.79. The van der Waals surface area contributed by atoms with Gasteiger partial charge in [0.2, 0.25) is 0 Å². The minimum atomic E-state index is 0.233. The Bertz CT molecular complexity index is 354. The molecule has 15 heavy (non-hydrogen) atoms. The van der Waals surface area contributed by atoms with Gasteiger partial charge in [-0.25, -0.2) is 0 Å². The van der Waals surface area contributed by atoms with Crippen LogP contribution >= 0.6 is 0 Å². The molecule has 0 N–H and O–H groups in total. The van der Waals surface area contributed by atoms with Crippen molar-refractivity contribution in [2.24, 2.45) is 5.92 Å². The summed E-state index contributed by atoms with van der Waals surface area (Å²) in [5.41, 5.74) is 3.07. The van der Waals surface area contributed by atoms with E-state index in [0.29, 0.717) is 5.92 Å². The van der Waals surface area contributed by atoms with Crippen LogP contribution in [0.15, 0.2) is 24.3 Å². The molecule has 0 aromatic heterocycles. The van der Waals surface area contributed by atoms with Crippen molar-refractivity contribution in [2.75, 3.05) is 6.61 Å². The molecule has 0 aliphatic heterocycles. The summed E-state index contributed by atoms with van der Waals surface area (Å²) in [4.78, 5) is 0. The monoisotopic (exact) mass is 204 g/mol. The van der Waals surface area contributed by atoms with Crippen molar-refractivity contribution in [3.8, 4) is 0 Å². The zero-order chi connectivity index (χ0) is 11.1. The molecule has 0 spiro atoms. The third-order valence-electron chi connectivity index (χ3n) is 3.90. The van der Waals surface area contributed by atoms with Crippen LogP contribution < -0.4 is 0 Å². The second-order valence-electron chi connectivity index (χ2n) is 4.97. The Labute approximate surface area is 92.5 Å². The van der Waals surface area contributed by atoms with Crippen LogP contribution in [0.5, 0.6) is 0 Å². The first-order valence-corrected chi connectivity index (χ1v) is 5.80. The molecule has 0 heterocycles. The van der Waals surface area contributed by atoms with Crippen LogP contribution in [-0.4, -0.2) is 6.61 Å². The Morgan fingerprint density at radius 2 is 1.93 bits per heavy atom. The molecule has 0 bridgehead atoms. The lowest BCUT2D eigenvalue weighted by Crippen LogP contribution is -2.24. The van der Waals surface area contributed by atoms with Crippen molar-refractivity contribution in [1.29, 1.82) is 0 Å². The van der Waals surface area contributed by atoms with Crippen LogP contribution in [-0.2, 0) is 10.2 Å². The van der Waals surface area contributed by atoms with Crippen LogP contribution in [0.2, 0.25) is 0 Å². The summed E-state index contributed by atoms with van der Waals surface area (Å²) in [5.74, 6) is 0.551.